The van der Waals surface area contributed by atoms with Gasteiger partial charge in [0.1, 0.15) is 34.2 Å². The predicted molar refractivity (Wildman–Crippen MR) is 223 cm³/mol. The van der Waals surface area contributed by atoms with Crippen LogP contribution in [0.25, 0.3) is 22.3 Å². The lowest BCUT2D eigenvalue weighted by Gasteiger charge is -2.37. The van der Waals surface area contributed by atoms with Gasteiger partial charge in [-0.05, 0) is 61.8 Å². The zero-order valence-electron chi connectivity index (χ0n) is 34.8. The maximum Gasteiger partial charge on any atom is 0.391 e. The van der Waals surface area contributed by atoms with Crippen LogP contribution in [0, 0.1) is 23.2 Å². The molecule has 4 amide bonds. The van der Waals surface area contributed by atoms with E-state index < -0.39 is 85.9 Å². The number of aromatic nitrogens is 2. The molecule has 0 bridgehead atoms. The maximum atomic E-state index is 14.9. The van der Waals surface area contributed by atoms with Crippen LogP contribution in [0.4, 0.5) is 13.2 Å². The molecule has 7 rings (SSSR count). The number of alkyl halides is 3. The fourth-order valence-electron chi connectivity index (χ4n) is 8.41. The molecule has 0 spiro atoms. The van der Waals surface area contributed by atoms with Crippen molar-refractivity contribution in [2.45, 2.75) is 94.8 Å². The number of hydrogen-bond donors (Lipinski definition) is 2. The molecule has 3 aromatic rings. The van der Waals surface area contributed by atoms with Gasteiger partial charge < -0.3 is 24.6 Å². The number of methoxy groups -OCH3 is 1. The Morgan fingerprint density at radius 1 is 1.05 bits per heavy atom. The Bertz CT molecular complexity index is 2370. The first kappa shape index (κ1) is 45.1. The Labute approximate surface area is 363 Å². The summed E-state index contributed by atoms with van der Waals surface area (Å²) in [5.41, 5.74) is -1.26. The summed E-state index contributed by atoms with van der Waals surface area (Å²) in [7, 11) is -2.51. The van der Waals surface area contributed by atoms with Crippen molar-refractivity contribution in [3.8, 4) is 22.9 Å². The molecule has 2 saturated heterocycles. The van der Waals surface area contributed by atoms with E-state index in [-0.39, 0.29) is 56.8 Å². The van der Waals surface area contributed by atoms with Crippen LogP contribution in [0.15, 0.2) is 55.3 Å². The summed E-state index contributed by atoms with van der Waals surface area (Å²) in [5.74, 6) is -5.20. The number of carbonyl (C=O) groups excluding carboxylic acids is 4. The molecular formula is C43H50ClF3N6O8S. The molecule has 1 aromatic carbocycles. The van der Waals surface area contributed by atoms with Crippen LogP contribution in [0.1, 0.15) is 65.7 Å². The van der Waals surface area contributed by atoms with Crippen LogP contribution in [-0.2, 0) is 29.2 Å². The van der Waals surface area contributed by atoms with Gasteiger partial charge in [0.2, 0.25) is 27.7 Å². The van der Waals surface area contributed by atoms with Crippen LogP contribution in [0.5, 0.6) is 11.5 Å². The monoisotopic (exact) mass is 902 g/mol. The Morgan fingerprint density at radius 2 is 1.76 bits per heavy atom. The molecule has 19 heteroatoms. The van der Waals surface area contributed by atoms with Crippen LogP contribution in [0.3, 0.4) is 0 Å². The molecule has 2 N–H and O–H groups in total. The largest absolute Gasteiger partial charge is 0.495 e. The first-order valence-corrected chi connectivity index (χ1v) is 22.5. The summed E-state index contributed by atoms with van der Waals surface area (Å²) >= 11 is 6.77. The number of likely N-dealkylation sites (tertiary alicyclic amines) is 2. The number of benzene rings is 1. The molecule has 2 aromatic heterocycles. The number of nitrogens with one attached hydrogen (secondary N) is 2. The second-order valence-corrected chi connectivity index (χ2v) is 20.0. The fraction of sp³-hybridized carbons (Fsp3) is 0.535. The van der Waals surface area contributed by atoms with Crippen molar-refractivity contribution in [3.05, 3.63) is 60.3 Å². The fourth-order valence-corrected chi connectivity index (χ4v) is 10.1. The van der Waals surface area contributed by atoms with Crippen LogP contribution >= 0.6 is 11.6 Å². The van der Waals surface area contributed by atoms with Gasteiger partial charge in [0.05, 0.1) is 47.6 Å². The number of piperidine rings is 1. The molecule has 0 radical (unpaired) electrons. The Balaban J connectivity index is 1.21. The van der Waals surface area contributed by atoms with E-state index in [0.717, 1.165) is 0 Å². The summed E-state index contributed by atoms with van der Waals surface area (Å²) < 4.78 is 80.2. The molecule has 334 valence electrons. The zero-order valence-corrected chi connectivity index (χ0v) is 36.4. The number of halogens is 4. The number of nitrogens with zero attached hydrogens (tertiary/aromatic N) is 4. The number of sulfonamides is 1. The molecular weight excluding hydrogens is 853 g/mol. The van der Waals surface area contributed by atoms with Crippen molar-refractivity contribution in [1.82, 2.24) is 29.8 Å². The minimum Gasteiger partial charge on any atom is -0.495 e. The highest BCUT2D eigenvalue weighted by atomic mass is 35.5. The van der Waals surface area contributed by atoms with Crippen molar-refractivity contribution in [2.24, 2.45) is 23.2 Å². The van der Waals surface area contributed by atoms with E-state index in [1.54, 1.807) is 63.4 Å². The minimum atomic E-state index is -4.37. The molecule has 4 heterocycles. The molecule has 2 aliphatic heterocycles. The number of carbonyl (C=O) groups is 4. The van der Waals surface area contributed by atoms with Crippen molar-refractivity contribution in [3.63, 3.8) is 0 Å². The summed E-state index contributed by atoms with van der Waals surface area (Å²) in [6.45, 7) is 8.68. The van der Waals surface area contributed by atoms with E-state index in [2.05, 4.69) is 21.6 Å². The van der Waals surface area contributed by atoms with Gasteiger partial charge in [-0.15, -0.1) is 6.58 Å². The molecule has 62 heavy (non-hydrogen) atoms. The first-order chi connectivity index (χ1) is 29.2. The van der Waals surface area contributed by atoms with E-state index in [4.69, 9.17) is 26.1 Å². The van der Waals surface area contributed by atoms with Gasteiger partial charge >= 0.3 is 6.18 Å². The third kappa shape index (κ3) is 9.22. The Morgan fingerprint density at radius 3 is 2.34 bits per heavy atom. The lowest BCUT2D eigenvalue weighted by atomic mass is 9.77. The second-order valence-electron chi connectivity index (χ2n) is 17.7. The van der Waals surface area contributed by atoms with Gasteiger partial charge in [-0.25, -0.2) is 13.4 Å². The molecule has 5 atom stereocenters. The number of pyridine rings is 2. The molecule has 2 unspecified atom stereocenters. The smallest absolute Gasteiger partial charge is 0.391 e. The maximum absolute atomic E-state index is 14.9. The second kappa shape index (κ2) is 17.0. The lowest BCUT2D eigenvalue weighted by Crippen LogP contribution is -2.57. The van der Waals surface area contributed by atoms with E-state index >= 15 is 0 Å². The highest BCUT2D eigenvalue weighted by Crippen LogP contribution is 2.46. The van der Waals surface area contributed by atoms with E-state index in [1.807, 2.05) is 0 Å². The normalized spacial score (nSPS) is 23.7. The SMILES string of the molecule is C=CC1C[C@]1(NC(=O)[C@@H]1C[C@@H](Oc2cc(-c3ccccn3)nc3c(Cl)c(OC)ccc23)CN1C(=O)C(CC(=O)N1CCC(C(F)(F)F)CC1)C(C)(C)C)C(=O)NS(=O)(=O)C1CC1. The first-order valence-electron chi connectivity index (χ1n) is 20.6. The third-order valence-electron chi connectivity index (χ3n) is 12.4. The Kier molecular flexibility index (Phi) is 12.3. The number of fused-ring (bicyclic) bond motifs is 1. The van der Waals surface area contributed by atoms with Gasteiger partial charge in [0.15, 0.2) is 0 Å². The average molecular weight is 903 g/mol. The topological polar surface area (TPSA) is 177 Å². The minimum absolute atomic E-state index is 0.0720. The van der Waals surface area contributed by atoms with Crippen LogP contribution < -0.4 is 19.5 Å². The molecule has 2 aliphatic carbocycles. The van der Waals surface area contributed by atoms with Crippen molar-refractivity contribution >= 4 is 56.2 Å². The zero-order chi connectivity index (χ0) is 44.9. The number of hydrogen-bond acceptors (Lipinski definition) is 10. The summed E-state index contributed by atoms with van der Waals surface area (Å²) in [4.78, 5) is 68.8. The summed E-state index contributed by atoms with van der Waals surface area (Å²) in [6, 6.07) is 9.06. The van der Waals surface area contributed by atoms with E-state index in [1.165, 1.54) is 23.0 Å². The lowest BCUT2D eigenvalue weighted by molar-refractivity contribution is -0.186. The van der Waals surface area contributed by atoms with E-state index in [9.17, 15) is 40.8 Å². The summed E-state index contributed by atoms with van der Waals surface area (Å²) in [5, 5.41) is 2.78. The molecule has 2 saturated carbocycles. The standard InChI is InChI=1S/C43H50ClF3N6O8S/c1-6-24-22-42(24,40(57)51-62(58,59)27-10-11-27)50-38(55)32-19-26(61-34-21-31(30-9-7-8-16-48-30)49-37-28(34)12-13-33(60-5)36(37)44)23-53(32)39(56)29(41(2,3)4)20-35(54)52-17-14-25(15-18-52)43(45,46)47/h6-9,12-13,16,21,24-27,29,32H,1,10-11,14-15,17-20,22-23H2,2-5H3,(H,50,55)(H,51,57)/t24?,26-,29?,32+,42-/m1/s1. The number of rotatable bonds is 13. The van der Waals surface area contributed by atoms with Gasteiger partial charge in [-0.2, -0.15) is 13.2 Å². The molecule has 4 fully saturated rings. The quantitative estimate of drug-likeness (QED) is 0.199. The van der Waals surface area contributed by atoms with Crippen molar-refractivity contribution in [2.75, 3.05) is 26.7 Å². The highest BCUT2D eigenvalue weighted by molar-refractivity contribution is 7.91. The van der Waals surface area contributed by atoms with Crippen molar-refractivity contribution in [1.29, 1.82) is 0 Å². The van der Waals surface area contributed by atoms with Gasteiger partial charge in [-0.3, -0.25) is 28.9 Å². The van der Waals surface area contributed by atoms with Gasteiger partial charge in [0, 0.05) is 49.5 Å². The van der Waals surface area contributed by atoms with E-state index in [0.29, 0.717) is 46.6 Å². The van der Waals surface area contributed by atoms with Gasteiger partial charge in [-0.1, -0.05) is 44.5 Å². The molecule has 4 aliphatic rings. The Hall–Kier alpha value is -4.97. The average Bonchev–Trinajstić information content (AvgIpc) is 4.16. The van der Waals surface area contributed by atoms with Crippen molar-refractivity contribution < 1.29 is 50.2 Å². The predicted octanol–water partition coefficient (Wildman–Crippen LogP) is 5.83. The van der Waals surface area contributed by atoms with Crippen LogP contribution in [-0.4, -0.2) is 108 Å². The number of ether oxygens (including phenoxy) is 2. The third-order valence-corrected chi connectivity index (χ3v) is 14.6. The number of amides is 4. The van der Waals surface area contributed by atoms with Gasteiger partial charge in [0.25, 0.3) is 5.91 Å². The highest BCUT2D eigenvalue weighted by Gasteiger charge is 2.62. The van der Waals surface area contributed by atoms with Crippen LogP contribution in [0.2, 0.25) is 5.02 Å². The molecule has 14 nitrogen and oxygen atoms in total. The summed E-state index contributed by atoms with van der Waals surface area (Å²) in [6.07, 6.45) is -2.19.